The first kappa shape index (κ1) is 31.0. The molecular weight excluding hydrogens is 681 g/mol. The summed E-state index contributed by atoms with van der Waals surface area (Å²) < 4.78 is 0. The standard InChI is InChI=1S/C54H34S/c1-3-17-35(18-4-1)54(36-19-5-2-6-20-36)47-30-16-15-25-41(47)42-32-31-34(33-48(42)54)49-50-43-26-11-7-21-37(43)39-23-9-13-28-45(39)52(50)55-53-46-29-14-10-24-40(46)38-22-8-12-27-44(38)51(49)53/h1-33,49H. The summed E-state index contributed by atoms with van der Waals surface area (Å²) in [7, 11) is 0. The summed E-state index contributed by atoms with van der Waals surface area (Å²) in [5.74, 6) is -0.00600. The van der Waals surface area contributed by atoms with Gasteiger partial charge in [0.05, 0.1) is 5.41 Å². The van der Waals surface area contributed by atoms with Gasteiger partial charge in [-0.2, -0.15) is 0 Å². The summed E-state index contributed by atoms with van der Waals surface area (Å²) >= 11 is 1.98. The van der Waals surface area contributed by atoms with Gasteiger partial charge in [-0.25, -0.2) is 0 Å². The second-order valence-corrected chi connectivity index (χ2v) is 16.1. The molecule has 0 aromatic heterocycles. The molecule has 10 aromatic rings. The minimum Gasteiger partial charge on any atom is -0.0881 e. The zero-order chi connectivity index (χ0) is 36.1. The van der Waals surface area contributed by atoms with Gasteiger partial charge in [0.1, 0.15) is 0 Å². The van der Waals surface area contributed by atoms with Gasteiger partial charge in [-0.05, 0) is 93.2 Å². The van der Waals surface area contributed by atoms with Crippen molar-refractivity contribution in [1.29, 1.82) is 0 Å². The SMILES string of the molecule is c1ccc(C2(c3ccccc3)c3ccccc3-c3ccc(C4c5c(c6ccccc6c6ccccc56)Sc5c4c4ccccc4c4ccccc54)cc32)cc1. The van der Waals surface area contributed by atoms with E-state index >= 15 is 0 Å². The van der Waals surface area contributed by atoms with Crippen molar-refractivity contribution >= 4 is 54.9 Å². The Hall–Kier alpha value is -6.41. The smallest absolute Gasteiger partial charge is 0.0713 e. The van der Waals surface area contributed by atoms with E-state index in [2.05, 4.69) is 200 Å². The Morgan fingerprint density at radius 1 is 0.327 bits per heavy atom. The fourth-order valence-corrected chi connectivity index (χ4v) is 11.7. The third-order valence-corrected chi connectivity index (χ3v) is 13.7. The fourth-order valence-electron chi connectivity index (χ4n) is 10.3. The van der Waals surface area contributed by atoms with E-state index in [4.69, 9.17) is 0 Å². The molecule has 1 aliphatic carbocycles. The third kappa shape index (κ3) is 4.19. The molecule has 0 bridgehead atoms. The van der Waals surface area contributed by atoms with Crippen LogP contribution in [0.5, 0.6) is 0 Å². The second-order valence-electron chi connectivity index (χ2n) is 15.0. The highest BCUT2D eigenvalue weighted by molar-refractivity contribution is 8.00. The molecule has 0 nitrogen and oxygen atoms in total. The Balaban J connectivity index is 1.25. The van der Waals surface area contributed by atoms with E-state index < -0.39 is 5.41 Å². The highest BCUT2D eigenvalue weighted by Crippen LogP contribution is 2.60. The molecule has 0 radical (unpaired) electrons. The van der Waals surface area contributed by atoms with Crippen LogP contribution >= 0.6 is 11.8 Å². The van der Waals surface area contributed by atoms with Crippen LogP contribution in [-0.2, 0) is 5.41 Å². The Morgan fingerprint density at radius 3 is 1.25 bits per heavy atom. The molecule has 0 atom stereocenters. The van der Waals surface area contributed by atoms with E-state index in [1.165, 1.54) is 103 Å². The summed E-state index contributed by atoms with van der Waals surface area (Å²) in [5.41, 5.74) is 11.6. The average molecular weight is 715 g/mol. The summed E-state index contributed by atoms with van der Waals surface area (Å²) in [6, 6.07) is 75.3. The predicted molar refractivity (Wildman–Crippen MR) is 232 cm³/mol. The lowest BCUT2D eigenvalue weighted by Crippen LogP contribution is -2.28. The number of benzene rings is 10. The molecule has 1 aliphatic heterocycles. The van der Waals surface area contributed by atoms with E-state index in [9.17, 15) is 0 Å². The lowest BCUT2D eigenvalue weighted by Gasteiger charge is -2.36. The zero-order valence-electron chi connectivity index (χ0n) is 30.0. The van der Waals surface area contributed by atoms with Crippen LogP contribution in [0.1, 0.15) is 44.9 Å². The van der Waals surface area contributed by atoms with E-state index in [1.54, 1.807) is 0 Å². The molecule has 12 rings (SSSR count). The van der Waals surface area contributed by atoms with Gasteiger partial charge in [-0.3, -0.25) is 0 Å². The largest absolute Gasteiger partial charge is 0.0881 e. The molecule has 0 amide bonds. The number of hydrogen-bond acceptors (Lipinski definition) is 1. The highest BCUT2D eigenvalue weighted by Gasteiger charge is 2.46. The minimum atomic E-state index is -0.476. The maximum atomic E-state index is 2.59. The van der Waals surface area contributed by atoms with Crippen LogP contribution in [0.25, 0.3) is 54.2 Å². The molecule has 0 saturated heterocycles. The maximum Gasteiger partial charge on any atom is 0.0713 e. The molecule has 0 N–H and O–H groups in total. The van der Waals surface area contributed by atoms with Crippen molar-refractivity contribution in [1.82, 2.24) is 0 Å². The molecule has 10 aromatic carbocycles. The van der Waals surface area contributed by atoms with Crippen LogP contribution in [0, 0.1) is 0 Å². The Morgan fingerprint density at radius 2 is 0.727 bits per heavy atom. The lowest BCUT2D eigenvalue weighted by atomic mass is 9.67. The van der Waals surface area contributed by atoms with Gasteiger partial charge < -0.3 is 0 Å². The van der Waals surface area contributed by atoms with Crippen molar-refractivity contribution in [3.8, 4) is 11.1 Å². The van der Waals surface area contributed by atoms with Gasteiger partial charge >= 0.3 is 0 Å². The molecule has 55 heavy (non-hydrogen) atoms. The Bertz CT molecular complexity index is 3010. The molecule has 1 heteroatoms. The molecular formula is C54H34S. The van der Waals surface area contributed by atoms with E-state index in [-0.39, 0.29) is 5.92 Å². The van der Waals surface area contributed by atoms with Crippen molar-refractivity contribution < 1.29 is 0 Å². The lowest BCUT2D eigenvalue weighted by molar-refractivity contribution is 0.765. The Kier molecular flexibility index (Phi) is 6.65. The van der Waals surface area contributed by atoms with Crippen molar-refractivity contribution in [3.63, 3.8) is 0 Å². The van der Waals surface area contributed by atoms with Gasteiger partial charge in [-0.1, -0.05) is 212 Å². The van der Waals surface area contributed by atoms with Gasteiger partial charge in [0.2, 0.25) is 0 Å². The molecule has 0 spiro atoms. The first-order valence-electron chi connectivity index (χ1n) is 19.2. The van der Waals surface area contributed by atoms with Crippen molar-refractivity contribution in [2.45, 2.75) is 21.1 Å². The van der Waals surface area contributed by atoms with Crippen LogP contribution in [0.15, 0.2) is 210 Å². The molecule has 0 saturated carbocycles. The molecule has 0 unspecified atom stereocenters. The van der Waals surface area contributed by atoms with Gasteiger partial charge in [0, 0.05) is 15.7 Å². The van der Waals surface area contributed by atoms with E-state index in [1.807, 2.05) is 11.8 Å². The molecule has 2 aliphatic rings. The highest BCUT2D eigenvalue weighted by atomic mass is 32.2. The number of rotatable bonds is 3. The van der Waals surface area contributed by atoms with Crippen molar-refractivity contribution in [2.75, 3.05) is 0 Å². The Labute approximate surface area is 324 Å². The van der Waals surface area contributed by atoms with Crippen molar-refractivity contribution in [3.05, 3.63) is 239 Å². The monoisotopic (exact) mass is 714 g/mol. The van der Waals surface area contributed by atoms with Gasteiger partial charge in [0.25, 0.3) is 0 Å². The van der Waals surface area contributed by atoms with Crippen LogP contribution in [0.3, 0.4) is 0 Å². The van der Waals surface area contributed by atoms with Crippen LogP contribution in [0.2, 0.25) is 0 Å². The first-order valence-corrected chi connectivity index (χ1v) is 20.0. The second kappa shape index (κ2) is 11.8. The molecule has 1 heterocycles. The van der Waals surface area contributed by atoms with E-state index in [0.717, 1.165) is 0 Å². The number of fused-ring (bicyclic) bond motifs is 15. The zero-order valence-corrected chi connectivity index (χ0v) is 30.9. The quantitative estimate of drug-likeness (QED) is 0.164. The topological polar surface area (TPSA) is 0 Å². The third-order valence-electron chi connectivity index (χ3n) is 12.4. The summed E-state index contributed by atoms with van der Waals surface area (Å²) in [6.45, 7) is 0. The van der Waals surface area contributed by atoms with Crippen LogP contribution in [-0.4, -0.2) is 0 Å². The first-order chi connectivity index (χ1) is 27.3. The molecule has 256 valence electrons. The normalized spacial score (nSPS) is 14.2. The van der Waals surface area contributed by atoms with Gasteiger partial charge in [0.15, 0.2) is 0 Å². The minimum absolute atomic E-state index is 0.00600. The summed E-state index contributed by atoms with van der Waals surface area (Å²) in [6.07, 6.45) is 0. The maximum absolute atomic E-state index is 2.59. The van der Waals surface area contributed by atoms with E-state index in [0.29, 0.717) is 0 Å². The van der Waals surface area contributed by atoms with Crippen LogP contribution in [0.4, 0.5) is 0 Å². The van der Waals surface area contributed by atoms with Crippen molar-refractivity contribution in [2.24, 2.45) is 0 Å². The molecule has 0 fully saturated rings. The fraction of sp³-hybridized carbons (Fsp3) is 0.0370. The summed E-state index contributed by atoms with van der Waals surface area (Å²) in [5, 5.41) is 10.6. The predicted octanol–water partition coefficient (Wildman–Crippen LogP) is 14.3. The van der Waals surface area contributed by atoms with Gasteiger partial charge in [-0.15, -0.1) is 0 Å². The van der Waals surface area contributed by atoms with Crippen LogP contribution < -0.4 is 0 Å². The average Bonchev–Trinajstić information content (AvgIpc) is 3.57. The number of hydrogen-bond donors (Lipinski definition) is 0. The summed E-state index contributed by atoms with van der Waals surface area (Å²) in [4.78, 5) is 2.74.